The summed E-state index contributed by atoms with van der Waals surface area (Å²) in [6.45, 7) is 9.72. The number of hydrogen-bond donors (Lipinski definition) is 0. The summed E-state index contributed by atoms with van der Waals surface area (Å²) >= 11 is 0. The Kier molecular flexibility index (Phi) is 6.96. The van der Waals surface area contributed by atoms with Crippen molar-refractivity contribution >= 4 is 17.7 Å². The van der Waals surface area contributed by atoms with E-state index in [0.29, 0.717) is 6.61 Å². The van der Waals surface area contributed by atoms with Crippen LogP contribution in [-0.4, -0.2) is 44.2 Å². The van der Waals surface area contributed by atoms with Gasteiger partial charge in [-0.3, -0.25) is 4.99 Å². The van der Waals surface area contributed by atoms with Crippen molar-refractivity contribution in [2.75, 3.05) is 27.2 Å². The Hall–Kier alpha value is -2.62. The van der Waals surface area contributed by atoms with E-state index in [1.807, 2.05) is 44.7 Å². The average Bonchev–Trinajstić information content (AvgIpc) is 2.64. The second-order valence-corrected chi connectivity index (χ2v) is 6.54. The highest BCUT2D eigenvalue weighted by Gasteiger charge is 2.11. The monoisotopic (exact) mass is 351 g/mol. The number of benzene rings is 2. The maximum Gasteiger partial charge on any atom is 0.130 e. The van der Waals surface area contributed by atoms with Gasteiger partial charge in [-0.15, -0.1) is 0 Å². The average molecular weight is 351 g/mol. The highest BCUT2D eigenvalue weighted by Crippen LogP contribution is 2.24. The van der Waals surface area contributed by atoms with Gasteiger partial charge < -0.3 is 9.64 Å². The Labute approximate surface area is 157 Å². The predicted octanol–water partition coefficient (Wildman–Crippen LogP) is 4.72. The van der Waals surface area contributed by atoms with Gasteiger partial charge in [-0.05, 0) is 63.1 Å². The zero-order valence-electron chi connectivity index (χ0n) is 16.7. The molecular weight excluding hydrogens is 322 g/mol. The molecule has 26 heavy (non-hydrogen) atoms. The van der Waals surface area contributed by atoms with Gasteiger partial charge in [0, 0.05) is 26.2 Å². The molecule has 0 aliphatic rings. The van der Waals surface area contributed by atoms with E-state index >= 15 is 0 Å². The summed E-state index contributed by atoms with van der Waals surface area (Å²) in [7, 11) is 3.83. The summed E-state index contributed by atoms with van der Waals surface area (Å²) in [5, 5.41) is 0. The molecule has 0 aliphatic carbocycles. The summed E-state index contributed by atoms with van der Waals surface area (Å²) in [6, 6.07) is 12.3. The Morgan fingerprint density at radius 3 is 2.38 bits per heavy atom. The van der Waals surface area contributed by atoms with Gasteiger partial charge >= 0.3 is 0 Å². The fraction of sp³-hybridized carbons (Fsp3) is 0.364. The van der Waals surface area contributed by atoms with Crippen LogP contribution in [0.3, 0.4) is 0 Å². The molecule has 0 unspecified atom stereocenters. The van der Waals surface area contributed by atoms with E-state index in [4.69, 9.17) is 4.74 Å². The van der Waals surface area contributed by atoms with Crippen molar-refractivity contribution < 1.29 is 4.74 Å². The lowest BCUT2D eigenvalue weighted by Gasteiger charge is -2.14. The molecular formula is C22H29N3O. The van der Waals surface area contributed by atoms with Gasteiger partial charge in [0.2, 0.25) is 0 Å². The predicted molar refractivity (Wildman–Crippen MR) is 112 cm³/mol. The Morgan fingerprint density at radius 1 is 1.08 bits per heavy atom. The van der Waals surface area contributed by atoms with Crippen molar-refractivity contribution in [1.29, 1.82) is 0 Å². The summed E-state index contributed by atoms with van der Waals surface area (Å²) < 4.78 is 5.92. The zero-order chi connectivity index (χ0) is 19.1. The van der Waals surface area contributed by atoms with E-state index in [-0.39, 0.29) is 0 Å². The molecule has 2 aromatic carbocycles. The van der Waals surface area contributed by atoms with Crippen molar-refractivity contribution in [3.63, 3.8) is 0 Å². The third-order valence-corrected chi connectivity index (χ3v) is 4.41. The third kappa shape index (κ3) is 5.19. The largest absolute Gasteiger partial charge is 0.487 e. The maximum atomic E-state index is 5.92. The van der Waals surface area contributed by atoms with Gasteiger partial charge in [0.1, 0.15) is 12.4 Å². The molecule has 0 spiro atoms. The number of rotatable bonds is 7. The Bertz CT molecular complexity index is 792. The number of ether oxygens (including phenoxy) is 1. The molecule has 0 aliphatic heterocycles. The van der Waals surface area contributed by atoms with E-state index in [2.05, 4.69) is 54.7 Å². The molecule has 0 fully saturated rings. The van der Waals surface area contributed by atoms with Gasteiger partial charge in [-0.25, -0.2) is 4.99 Å². The highest BCUT2D eigenvalue weighted by molar-refractivity contribution is 6.03. The van der Waals surface area contributed by atoms with Crippen LogP contribution >= 0.6 is 0 Å². The number of hydrogen-bond acceptors (Lipinski definition) is 3. The van der Waals surface area contributed by atoms with E-state index in [0.717, 1.165) is 40.4 Å². The molecule has 0 heterocycles. The maximum absolute atomic E-state index is 5.92. The molecule has 0 bridgehead atoms. The van der Waals surface area contributed by atoms with Crippen LogP contribution in [0, 0.1) is 20.8 Å². The van der Waals surface area contributed by atoms with Gasteiger partial charge in [-0.2, -0.15) is 0 Å². The highest BCUT2D eigenvalue weighted by atomic mass is 16.5. The van der Waals surface area contributed by atoms with Crippen molar-refractivity contribution in [1.82, 2.24) is 4.90 Å². The number of aryl methyl sites for hydroxylation is 3. The van der Waals surface area contributed by atoms with E-state index in [1.165, 1.54) is 5.56 Å². The minimum atomic E-state index is 0.445. The third-order valence-electron chi connectivity index (χ3n) is 4.41. The quantitative estimate of drug-likeness (QED) is 0.534. The molecule has 0 saturated heterocycles. The molecule has 2 aromatic rings. The normalized spacial score (nSPS) is 11.8. The first-order valence-electron chi connectivity index (χ1n) is 8.95. The minimum Gasteiger partial charge on any atom is -0.487 e. The molecule has 4 heteroatoms. The molecule has 2 rings (SSSR count). The molecule has 0 N–H and O–H groups in total. The zero-order valence-corrected chi connectivity index (χ0v) is 16.7. The van der Waals surface area contributed by atoms with Crippen LogP contribution in [0.25, 0.3) is 0 Å². The van der Waals surface area contributed by atoms with Crippen molar-refractivity contribution in [3.8, 4) is 5.75 Å². The minimum absolute atomic E-state index is 0.445. The van der Waals surface area contributed by atoms with Gasteiger partial charge in [0.25, 0.3) is 0 Å². The summed E-state index contributed by atoms with van der Waals surface area (Å²) in [5.74, 6) is 0.856. The SMILES string of the molecule is CCN(C)C=Nc1cc(C)c(C(COc2ccc(C)cc2)=NC)cc1C. The molecule has 0 saturated carbocycles. The summed E-state index contributed by atoms with van der Waals surface area (Å²) in [4.78, 5) is 11.1. The lowest BCUT2D eigenvalue weighted by molar-refractivity contribution is 0.376. The summed E-state index contributed by atoms with van der Waals surface area (Å²) in [6.07, 6.45) is 1.87. The van der Waals surface area contributed by atoms with Gasteiger partial charge in [0.15, 0.2) is 0 Å². The van der Waals surface area contributed by atoms with Crippen LogP contribution in [0.1, 0.15) is 29.2 Å². The second-order valence-electron chi connectivity index (χ2n) is 6.54. The van der Waals surface area contributed by atoms with Crippen LogP contribution in [0.2, 0.25) is 0 Å². The topological polar surface area (TPSA) is 37.2 Å². The van der Waals surface area contributed by atoms with Crippen molar-refractivity contribution in [2.45, 2.75) is 27.7 Å². The summed E-state index contributed by atoms with van der Waals surface area (Å²) in [5.41, 5.74) is 6.53. The first kappa shape index (κ1) is 19.7. The van der Waals surface area contributed by atoms with Crippen LogP contribution in [-0.2, 0) is 0 Å². The van der Waals surface area contributed by atoms with Crippen molar-refractivity contribution in [2.24, 2.45) is 9.98 Å². The van der Waals surface area contributed by atoms with E-state index in [9.17, 15) is 0 Å². The standard InChI is InChI=1S/C22H29N3O/c1-7-25(6)15-24-21-13-17(3)20(12-18(21)4)22(23-5)14-26-19-10-8-16(2)9-11-19/h8-13,15H,7,14H2,1-6H3. The van der Waals surface area contributed by atoms with Crippen LogP contribution in [0.4, 0.5) is 5.69 Å². The lowest BCUT2D eigenvalue weighted by atomic mass is 10.00. The van der Waals surface area contributed by atoms with Crippen LogP contribution in [0.5, 0.6) is 5.75 Å². The van der Waals surface area contributed by atoms with Gasteiger partial charge in [-0.1, -0.05) is 17.7 Å². The smallest absolute Gasteiger partial charge is 0.130 e. The van der Waals surface area contributed by atoms with Gasteiger partial charge in [0.05, 0.1) is 17.7 Å². The molecule has 0 aromatic heterocycles. The Morgan fingerprint density at radius 2 is 1.77 bits per heavy atom. The molecule has 0 atom stereocenters. The van der Waals surface area contributed by atoms with E-state index in [1.54, 1.807) is 0 Å². The molecule has 138 valence electrons. The van der Waals surface area contributed by atoms with Crippen LogP contribution in [0.15, 0.2) is 46.4 Å². The fourth-order valence-electron chi connectivity index (χ4n) is 2.54. The molecule has 0 radical (unpaired) electrons. The van der Waals surface area contributed by atoms with Crippen LogP contribution < -0.4 is 4.74 Å². The Balaban J connectivity index is 2.18. The molecule has 4 nitrogen and oxygen atoms in total. The second kappa shape index (κ2) is 9.18. The molecule has 0 amide bonds. The lowest BCUT2D eigenvalue weighted by Crippen LogP contribution is -2.15. The fourth-order valence-corrected chi connectivity index (χ4v) is 2.54. The van der Waals surface area contributed by atoms with E-state index < -0.39 is 0 Å². The number of nitrogens with zero attached hydrogens (tertiary/aromatic N) is 3. The first-order chi connectivity index (χ1) is 12.4. The first-order valence-corrected chi connectivity index (χ1v) is 8.95. The number of aliphatic imine (C=N–C) groups is 2. The van der Waals surface area contributed by atoms with Crippen molar-refractivity contribution in [3.05, 3.63) is 58.7 Å².